The van der Waals surface area contributed by atoms with Gasteiger partial charge in [0.1, 0.15) is 6.29 Å². The Kier molecular flexibility index (Phi) is 3.53. The molecule has 6 atom stereocenters. The molecule has 3 fully saturated rings. The molecule has 122 valence electrons. The summed E-state index contributed by atoms with van der Waals surface area (Å²) in [6.45, 7) is 4.93. The standard InChI is InChI=1S/C20H29ClO/c1-19-9-4-3-5-14(19)6-7-15-16(19)8-10-20(2)17(15)11-13(12-22)18(20)21/h12,14-17H,3-11H2,1-2H3. The van der Waals surface area contributed by atoms with E-state index in [-0.39, 0.29) is 5.41 Å². The summed E-state index contributed by atoms with van der Waals surface area (Å²) >= 11 is 6.64. The molecule has 4 aliphatic carbocycles. The predicted octanol–water partition coefficient (Wildman–Crippen LogP) is 5.72. The van der Waals surface area contributed by atoms with Gasteiger partial charge in [0.25, 0.3) is 0 Å². The van der Waals surface area contributed by atoms with E-state index < -0.39 is 0 Å². The minimum Gasteiger partial charge on any atom is -0.298 e. The Morgan fingerprint density at radius 1 is 1.05 bits per heavy atom. The highest BCUT2D eigenvalue weighted by molar-refractivity contribution is 6.32. The Hall–Kier alpha value is -0.300. The van der Waals surface area contributed by atoms with Crippen molar-refractivity contribution in [2.24, 2.45) is 34.5 Å². The summed E-state index contributed by atoms with van der Waals surface area (Å²) in [5.41, 5.74) is 1.57. The van der Waals surface area contributed by atoms with Crippen LogP contribution in [0.5, 0.6) is 0 Å². The van der Waals surface area contributed by atoms with Gasteiger partial charge in [0.2, 0.25) is 0 Å². The molecule has 0 amide bonds. The average molecular weight is 321 g/mol. The average Bonchev–Trinajstić information content (AvgIpc) is 2.78. The maximum Gasteiger partial charge on any atom is 0.147 e. The van der Waals surface area contributed by atoms with Crippen molar-refractivity contribution in [1.29, 1.82) is 0 Å². The molecule has 0 saturated heterocycles. The lowest BCUT2D eigenvalue weighted by atomic mass is 9.45. The molecule has 0 aromatic carbocycles. The molecule has 4 rings (SSSR count). The molecule has 22 heavy (non-hydrogen) atoms. The molecule has 1 nitrogen and oxygen atoms in total. The first-order chi connectivity index (χ1) is 10.5. The van der Waals surface area contributed by atoms with E-state index in [4.69, 9.17) is 11.6 Å². The van der Waals surface area contributed by atoms with Crippen molar-refractivity contribution >= 4 is 17.9 Å². The van der Waals surface area contributed by atoms with E-state index in [1.165, 1.54) is 51.4 Å². The van der Waals surface area contributed by atoms with E-state index in [2.05, 4.69) is 13.8 Å². The summed E-state index contributed by atoms with van der Waals surface area (Å²) in [4.78, 5) is 11.4. The smallest absolute Gasteiger partial charge is 0.147 e. The van der Waals surface area contributed by atoms with Crippen molar-refractivity contribution in [3.05, 3.63) is 10.6 Å². The summed E-state index contributed by atoms with van der Waals surface area (Å²) < 4.78 is 0. The number of halogens is 1. The molecular formula is C20H29ClO. The molecule has 0 aromatic rings. The number of allylic oxidation sites excluding steroid dienone is 2. The number of carbonyl (C=O) groups excluding carboxylic acids is 1. The zero-order valence-electron chi connectivity index (χ0n) is 14.0. The van der Waals surface area contributed by atoms with Gasteiger partial charge in [-0.05, 0) is 74.0 Å². The van der Waals surface area contributed by atoms with Crippen LogP contribution in [0.2, 0.25) is 0 Å². The van der Waals surface area contributed by atoms with E-state index in [1.54, 1.807) is 0 Å². The molecule has 4 aliphatic rings. The van der Waals surface area contributed by atoms with Gasteiger partial charge in [0.05, 0.1) is 0 Å². The number of aldehydes is 1. The van der Waals surface area contributed by atoms with Gasteiger partial charge in [-0.3, -0.25) is 4.79 Å². The first kappa shape index (κ1) is 15.2. The lowest BCUT2D eigenvalue weighted by Gasteiger charge is -2.60. The van der Waals surface area contributed by atoms with Gasteiger partial charge < -0.3 is 0 Å². The fourth-order valence-corrected chi connectivity index (χ4v) is 7.41. The molecule has 6 unspecified atom stereocenters. The largest absolute Gasteiger partial charge is 0.298 e. The maximum absolute atomic E-state index is 11.4. The summed E-state index contributed by atoms with van der Waals surface area (Å²) in [6, 6.07) is 0. The van der Waals surface area contributed by atoms with Crippen LogP contribution in [-0.2, 0) is 4.79 Å². The SMILES string of the molecule is CC12CCC3C(CCC4CCCCC43C)C1CC(C=O)=C2Cl. The first-order valence-electron chi connectivity index (χ1n) is 9.35. The monoisotopic (exact) mass is 320 g/mol. The third-order valence-electron chi connectivity index (χ3n) is 8.34. The number of carbonyl (C=O) groups is 1. The van der Waals surface area contributed by atoms with Crippen LogP contribution >= 0.6 is 11.6 Å². The van der Waals surface area contributed by atoms with Crippen molar-refractivity contribution in [3.63, 3.8) is 0 Å². The number of hydrogen-bond acceptors (Lipinski definition) is 1. The highest BCUT2D eigenvalue weighted by Crippen LogP contribution is 2.67. The van der Waals surface area contributed by atoms with Gasteiger partial charge >= 0.3 is 0 Å². The van der Waals surface area contributed by atoms with Crippen molar-refractivity contribution in [3.8, 4) is 0 Å². The van der Waals surface area contributed by atoms with Crippen molar-refractivity contribution in [2.45, 2.75) is 71.6 Å². The highest BCUT2D eigenvalue weighted by Gasteiger charge is 2.58. The molecule has 0 heterocycles. The Labute approximate surface area is 139 Å². The van der Waals surface area contributed by atoms with E-state index >= 15 is 0 Å². The Morgan fingerprint density at radius 3 is 2.64 bits per heavy atom. The summed E-state index contributed by atoms with van der Waals surface area (Å²) in [5.74, 6) is 3.25. The topological polar surface area (TPSA) is 17.1 Å². The van der Waals surface area contributed by atoms with Gasteiger partial charge in [0.15, 0.2) is 0 Å². The van der Waals surface area contributed by atoms with Crippen LogP contribution in [-0.4, -0.2) is 6.29 Å². The van der Waals surface area contributed by atoms with Crippen LogP contribution in [0.25, 0.3) is 0 Å². The van der Waals surface area contributed by atoms with E-state index in [9.17, 15) is 4.79 Å². The third-order valence-corrected chi connectivity index (χ3v) is 9.01. The second kappa shape index (κ2) is 5.10. The normalized spacial score (nSPS) is 51.0. The fourth-order valence-electron chi connectivity index (χ4n) is 7.06. The van der Waals surface area contributed by atoms with Crippen LogP contribution in [0.15, 0.2) is 10.6 Å². The number of fused-ring (bicyclic) bond motifs is 5. The Morgan fingerprint density at radius 2 is 1.86 bits per heavy atom. The molecule has 0 spiro atoms. The lowest BCUT2D eigenvalue weighted by molar-refractivity contribution is -0.105. The van der Waals surface area contributed by atoms with E-state index in [0.29, 0.717) is 11.3 Å². The van der Waals surface area contributed by atoms with E-state index in [0.717, 1.165) is 41.1 Å². The molecule has 0 radical (unpaired) electrons. The zero-order valence-corrected chi connectivity index (χ0v) is 14.8. The van der Waals surface area contributed by atoms with Gasteiger partial charge in [-0.2, -0.15) is 0 Å². The van der Waals surface area contributed by atoms with Crippen LogP contribution in [0.3, 0.4) is 0 Å². The van der Waals surface area contributed by atoms with Crippen LogP contribution in [0, 0.1) is 34.5 Å². The number of rotatable bonds is 1. The molecule has 3 saturated carbocycles. The molecular weight excluding hydrogens is 292 g/mol. The van der Waals surface area contributed by atoms with Gasteiger partial charge in [-0.25, -0.2) is 0 Å². The molecule has 0 aliphatic heterocycles. The highest BCUT2D eigenvalue weighted by atomic mass is 35.5. The molecule has 2 heteroatoms. The molecule has 0 aromatic heterocycles. The second-order valence-corrected chi connectivity index (χ2v) is 9.40. The van der Waals surface area contributed by atoms with Crippen LogP contribution in [0.4, 0.5) is 0 Å². The number of hydrogen-bond donors (Lipinski definition) is 0. The molecule has 0 N–H and O–H groups in total. The summed E-state index contributed by atoms with van der Waals surface area (Å²) in [5, 5.41) is 0.905. The first-order valence-corrected chi connectivity index (χ1v) is 9.73. The lowest BCUT2D eigenvalue weighted by Crippen LogP contribution is -2.52. The van der Waals surface area contributed by atoms with Crippen LogP contribution < -0.4 is 0 Å². The third kappa shape index (κ3) is 1.87. The minimum atomic E-state index is 0.0941. The predicted molar refractivity (Wildman–Crippen MR) is 90.7 cm³/mol. The Bertz CT molecular complexity index is 524. The maximum atomic E-state index is 11.4. The fraction of sp³-hybridized carbons (Fsp3) is 0.850. The molecule has 0 bridgehead atoms. The van der Waals surface area contributed by atoms with Gasteiger partial charge in [0, 0.05) is 16.0 Å². The van der Waals surface area contributed by atoms with Crippen molar-refractivity contribution in [2.75, 3.05) is 0 Å². The summed E-state index contributed by atoms with van der Waals surface area (Å²) in [6.07, 6.45) is 13.1. The van der Waals surface area contributed by atoms with E-state index in [1.807, 2.05) is 0 Å². The minimum absolute atomic E-state index is 0.0941. The zero-order chi connectivity index (χ0) is 15.5. The van der Waals surface area contributed by atoms with Gasteiger partial charge in [-0.1, -0.05) is 38.3 Å². The Balaban J connectivity index is 1.67. The second-order valence-electron chi connectivity index (χ2n) is 9.02. The quantitative estimate of drug-likeness (QED) is 0.565. The van der Waals surface area contributed by atoms with Crippen molar-refractivity contribution < 1.29 is 4.79 Å². The van der Waals surface area contributed by atoms with Crippen molar-refractivity contribution in [1.82, 2.24) is 0 Å². The summed E-state index contributed by atoms with van der Waals surface area (Å²) in [7, 11) is 0. The van der Waals surface area contributed by atoms with Crippen LogP contribution in [0.1, 0.15) is 71.6 Å². The van der Waals surface area contributed by atoms with Gasteiger partial charge in [-0.15, -0.1) is 0 Å².